The van der Waals surface area contributed by atoms with Gasteiger partial charge in [-0.2, -0.15) is 4.98 Å². The number of nitrogens with zero attached hydrogens (tertiary/aromatic N) is 4. The Morgan fingerprint density at radius 2 is 2.12 bits per heavy atom. The van der Waals surface area contributed by atoms with E-state index < -0.39 is 0 Å². The van der Waals surface area contributed by atoms with Crippen molar-refractivity contribution in [3.05, 3.63) is 30.0 Å². The summed E-state index contributed by atoms with van der Waals surface area (Å²) in [6.45, 7) is 3.27. The molecular formula is C16H20N6O3. The number of nitrogens with one attached hydrogen (secondary N) is 2. The fourth-order valence-corrected chi connectivity index (χ4v) is 2.62. The summed E-state index contributed by atoms with van der Waals surface area (Å²) in [5, 5.41) is 9.35. The van der Waals surface area contributed by atoms with Crippen LogP contribution in [-0.2, 0) is 11.3 Å². The van der Waals surface area contributed by atoms with Crippen LogP contribution in [0.1, 0.15) is 30.5 Å². The summed E-state index contributed by atoms with van der Waals surface area (Å²) in [5.41, 5.74) is 0.624. The zero-order valence-electron chi connectivity index (χ0n) is 13.8. The van der Waals surface area contributed by atoms with E-state index in [1.54, 1.807) is 6.20 Å². The predicted octanol–water partition coefficient (Wildman–Crippen LogP) is 1.50. The second-order valence-corrected chi connectivity index (χ2v) is 6.13. The average molecular weight is 344 g/mol. The van der Waals surface area contributed by atoms with Crippen LogP contribution in [0.4, 0.5) is 16.3 Å². The van der Waals surface area contributed by atoms with Crippen LogP contribution in [-0.4, -0.2) is 47.5 Å². The molecule has 9 heteroatoms. The van der Waals surface area contributed by atoms with Crippen molar-refractivity contribution in [2.75, 3.05) is 36.5 Å². The number of carbonyl (C=O) groups excluding carboxylic acids is 1. The molecule has 0 atom stereocenters. The highest BCUT2D eigenvalue weighted by Crippen LogP contribution is 2.38. The molecule has 2 amide bonds. The van der Waals surface area contributed by atoms with Crippen LogP contribution in [0.2, 0.25) is 0 Å². The third kappa shape index (κ3) is 4.05. The third-order valence-electron chi connectivity index (χ3n) is 4.17. The minimum Gasteiger partial charge on any atom is -0.378 e. The summed E-state index contributed by atoms with van der Waals surface area (Å²) in [7, 11) is 0. The molecule has 2 fully saturated rings. The Hall–Kier alpha value is -2.68. The number of aromatic nitrogens is 3. The molecule has 0 radical (unpaired) electrons. The second kappa shape index (κ2) is 7.06. The molecule has 0 spiro atoms. The van der Waals surface area contributed by atoms with E-state index >= 15 is 0 Å². The third-order valence-corrected chi connectivity index (χ3v) is 4.17. The van der Waals surface area contributed by atoms with Gasteiger partial charge in [-0.05, 0) is 25.0 Å². The summed E-state index contributed by atoms with van der Waals surface area (Å²) in [6, 6.07) is 3.38. The molecule has 0 unspecified atom stereocenters. The molecule has 1 aliphatic heterocycles. The number of hydrogen-bond donors (Lipinski definition) is 2. The van der Waals surface area contributed by atoms with Crippen LogP contribution in [0.5, 0.6) is 0 Å². The molecule has 1 saturated carbocycles. The van der Waals surface area contributed by atoms with Gasteiger partial charge < -0.3 is 24.8 Å². The molecule has 4 rings (SSSR count). The first kappa shape index (κ1) is 15.8. The summed E-state index contributed by atoms with van der Waals surface area (Å²) >= 11 is 0. The Bertz CT molecular complexity index is 722. The molecule has 132 valence electrons. The number of urea groups is 1. The van der Waals surface area contributed by atoms with Crippen molar-refractivity contribution in [3.8, 4) is 0 Å². The van der Waals surface area contributed by atoms with Crippen molar-refractivity contribution < 1.29 is 14.1 Å². The number of morpholine rings is 1. The SMILES string of the molecule is O=C(NCc1nc(C2CC2)no1)Nc1ccc(N2CCOCC2)nc1. The van der Waals surface area contributed by atoms with Gasteiger partial charge in [-0.25, -0.2) is 9.78 Å². The Balaban J connectivity index is 1.26. The van der Waals surface area contributed by atoms with Gasteiger partial charge in [0.05, 0.1) is 31.6 Å². The minimum absolute atomic E-state index is 0.199. The van der Waals surface area contributed by atoms with E-state index in [0.717, 1.165) is 37.6 Å². The highest BCUT2D eigenvalue weighted by Gasteiger charge is 2.28. The lowest BCUT2D eigenvalue weighted by molar-refractivity contribution is 0.122. The van der Waals surface area contributed by atoms with Gasteiger partial charge in [0, 0.05) is 19.0 Å². The number of pyridine rings is 1. The van der Waals surface area contributed by atoms with Gasteiger partial charge in [0.2, 0.25) is 5.89 Å². The van der Waals surface area contributed by atoms with Gasteiger partial charge in [0.1, 0.15) is 5.82 Å². The zero-order valence-corrected chi connectivity index (χ0v) is 13.8. The fourth-order valence-electron chi connectivity index (χ4n) is 2.62. The number of carbonyl (C=O) groups is 1. The fraction of sp³-hybridized carbons (Fsp3) is 0.500. The summed E-state index contributed by atoms with van der Waals surface area (Å²) in [4.78, 5) is 22.8. The van der Waals surface area contributed by atoms with Crippen molar-refractivity contribution in [2.45, 2.75) is 25.3 Å². The number of anilines is 2. The van der Waals surface area contributed by atoms with Crippen molar-refractivity contribution in [1.29, 1.82) is 0 Å². The Labute approximate surface area is 144 Å². The van der Waals surface area contributed by atoms with Crippen molar-refractivity contribution in [1.82, 2.24) is 20.4 Å². The highest BCUT2D eigenvalue weighted by atomic mass is 16.5. The van der Waals surface area contributed by atoms with Crippen LogP contribution in [0.15, 0.2) is 22.9 Å². The first-order chi connectivity index (χ1) is 12.3. The average Bonchev–Trinajstić information content (AvgIpc) is 3.40. The normalized spacial score (nSPS) is 17.4. The lowest BCUT2D eigenvalue weighted by Gasteiger charge is -2.27. The lowest BCUT2D eigenvalue weighted by Crippen LogP contribution is -2.36. The van der Waals surface area contributed by atoms with E-state index in [1.165, 1.54) is 0 Å². The molecule has 1 aliphatic carbocycles. The predicted molar refractivity (Wildman–Crippen MR) is 89.4 cm³/mol. The largest absolute Gasteiger partial charge is 0.378 e. The van der Waals surface area contributed by atoms with E-state index in [-0.39, 0.29) is 12.6 Å². The molecule has 2 aliphatic rings. The molecule has 2 aromatic rings. The zero-order chi connectivity index (χ0) is 17.1. The lowest BCUT2D eigenvalue weighted by atomic mass is 10.3. The maximum absolute atomic E-state index is 12.0. The van der Waals surface area contributed by atoms with Crippen LogP contribution in [0, 0.1) is 0 Å². The van der Waals surface area contributed by atoms with Gasteiger partial charge in [0.25, 0.3) is 0 Å². The topological polar surface area (TPSA) is 105 Å². The molecule has 2 N–H and O–H groups in total. The van der Waals surface area contributed by atoms with Crippen LogP contribution < -0.4 is 15.5 Å². The van der Waals surface area contributed by atoms with E-state index in [1.807, 2.05) is 12.1 Å². The quantitative estimate of drug-likeness (QED) is 0.846. The number of ether oxygens (including phenoxy) is 1. The smallest absolute Gasteiger partial charge is 0.319 e. The maximum Gasteiger partial charge on any atom is 0.319 e. The number of hydrogen-bond acceptors (Lipinski definition) is 7. The monoisotopic (exact) mass is 344 g/mol. The molecule has 0 bridgehead atoms. The minimum atomic E-state index is -0.341. The molecule has 1 saturated heterocycles. The van der Waals surface area contributed by atoms with Crippen LogP contribution in [0.25, 0.3) is 0 Å². The van der Waals surface area contributed by atoms with Gasteiger partial charge in [-0.1, -0.05) is 5.16 Å². The molecular weight excluding hydrogens is 324 g/mol. The Kier molecular flexibility index (Phi) is 4.47. The molecule has 9 nitrogen and oxygen atoms in total. The molecule has 25 heavy (non-hydrogen) atoms. The maximum atomic E-state index is 12.0. The highest BCUT2D eigenvalue weighted by molar-refractivity contribution is 5.89. The molecule has 3 heterocycles. The number of amides is 2. The summed E-state index contributed by atoms with van der Waals surface area (Å²) < 4.78 is 10.4. The van der Waals surface area contributed by atoms with Gasteiger partial charge >= 0.3 is 6.03 Å². The van der Waals surface area contributed by atoms with Gasteiger partial charge in [0.15, 0.2) is 5.82 Å². The van der Waals surface area contributed by atoms with E-state index in [2.05, 4.69) is 30.7 Å². The first-order valence-corrected chi connectivity index (χ1v) is 8.44. The summed E-state index contributed by atoms with van der Waals surface area (Å²) in [6.07, 6.45) is 3.86. The van der Waals surface area contributed by atoms with E-state index in [4.69, 9.17) is 9.26 Å². The first-order valence-electron chi connectivity index (χ1n) is 8.44. The van der Waals surface area contributed by atoms with Crippen LogP contribution >= 0.6 is 0 Å². The van der Waals surface area contributed by atoms with Crippen LogP contribution in [0.3, 0.4) is 0 Å². The standard InChI is InChI=1S/C16H20N6O3/c23-16(18-10-14-20-15(21-25-14)11-1-2-11)19-12-3-4-13(17-9-12)22-5-7-24-8-6-22/h3-4,9,11H,1-2,5-8,10H2,(H2,18,19,23). The van der Waals surface area contributed by atoms with E-state index in [0.29, 0.717) is 30.7 Å². The van der Waals surface area contributed by atoms with Gasteiger partial charge in [-0.15, -0.1) is 0 Å². The van der Waals surface area contributed by atoms with Crippen molar-refractivity contribution >= 4 is 17.5 Å². The van der Waals surface area contributed by atoms with E-state index in [9.17, 15) is 4.79 Å². The second-order valence-electron chi connectivity index (χ2n) is 6.13. The Morgan fingerprint density at radius 3 is 2.84 bits per heavy atom. The molecule has 2 aromatic heterocycles. The van der Waals surface area contributed by atoms with Gasteiger partial charge in [-0.3, -0.25) is 0 Å². The van der Waals surface area contributed by atoms with Crippen molar-refractivity contribution in [2.24, 2.45) is 0 Å². The molecule has 0 aromatic carbocycles. The number of rotatable bonds is 5. The van der Waals surface area contributed by atoms with Crippen molar-refractivity contribution in [3.63, 3.8) is 0 Å². The Morgan fingerprint density at radius 1 is 1.28 bits per heavy atom. The summed E-state index contributed by atoms with van der Waals surface area (Å²) in [5.74, 6) is 2.47.